The Morgan fingerprint density at radius 3 is 3.43 bits per heavy atom. The number of hydrogen-bond acceptors (Lipinski definition) is 3. The Morgan fingerprint density at radius 2 is 2.43 bits per heavy atom. The van der Waals surface area contributed by atoms with Crippen molar-refractivity contribution in [3.8, 4) is 0 Å². The minimum absolute atomic E-state index is 0.0365. The van der Waals surface area contributed by atoms with Gasteiger partial charge in [-0.2, -0.15) is 5.48 Å². The van der Waals surface area contributed by atoms with Gasteiger partial charge in [-0.3, -0.25) is 4.84 Å². The molecular formula is C11H17NO2. The molecule has 14 heavy (non-hydrogen) atoms. The van der Waals surface area contributed by atoms with E-state index in [0.29, 0.717) is 12.7 Å². The summed E-state index contributed by atoms with van der Waals surface area (Å²) in [6.07, 6.45) is 8.59. The van der Waals surface area contributed by atoms with Gasteiger partial charge in [-0.15, -0.1) is 0 Å². The second-order valence-electron chi connectivity index (χ2n) is 4.47. The van der Waals surface area contributed by atoms with Gasteiger partial charge in [0.1, 0.15) is 0 Å². The second kappa shape index (κ2) is 3.33. The number of hydroxylamine groups is 1. The standard InChI is InChI=1S/C11H17NO2/c1-2-6-11-9(5-8-14-12-11)4-7-13-10(11)3-1/h5,10,12H,1-4,6-8H2/t10-,11+/m1/s1. The fourth-order valence-corrected chi connectivity index (χ4v) is 3.05. The van der Waals surface area contributed by atoms with E-state index < -0.39 is 0 Å². The summed E-state index contributed by atoms with van der Waals surface area (Å²) in [7, 11) is 0. The van der Waals surface area contributed by atoms with Gasteiger partial charge in [-0.05, 0) is 24.8 Å². The third-order valence-electron chi connectivity index (χ3n) is 3.77. The highest BCUT2D eigenvalue weighted by Gasteiger charge is 2.47. The van der Waals surface area contributed by atoms with Crippen LogP contribution in [0.3, 0.4) is 0 Å². The Hall–Kier alpha value is -0.380. The zero-order valence-electron chi connectivity index (χ0n) is 8.42. The lowest BCUT2D eigenvalue weighted by atomic mass is 9.72. The molecule has 78 valence electrons. The number of nitrogens with one attached hydrogen (secondary N) is 1. The van der Waals surface area contributed by atoms with Crippen molar-refractivity contribution in [2.24, 2.45) is 0 Å². The SMILES string of the molecule is C1=C2CCO[C@@H]3CCCC[C@]23NOC1. The van der Waals surface area contributed by atoms with Crippen LogP contribution >= 0.6 is 0 Å². The van der Waals surface area contributed by atoms with Gasteiger partial charge < -0.3 is 4.74 Å². The molecule has 2 fully saturated rings. The first-order chi connectivity index (χ1) is 6.92. The summed E-state index contributed by atoms with van der Waals surface area (Å²) in [6.45, 7) is 1.60. The van der Waals surface area contributed by atoms with Gasteiger partial charge in [-0.25, -0.2) is 0 Å². The molecule has 1 saturated heterocycles. The van der Waals surface area contributed by atoms with Crippen LogP contribution in [-0.4, -0.2) is 24.9 Å². The molecule has 3 nitrogen and oxygen atoms in total. The van der Waals surface area contributed by atoms with E-state index in [1.54, 1.807) is 0 Å². The van der Waals surface area contributed by atoms with Crippen LogP contribution in [0.5, 0.6) is 0 Å². The van der Waals surface area contributed by atoms with Crippen LogP contribution < -0.4 is 5.48 Å². The predicted octanol–water partition coefficient (Wildman–Crippen LogP) is 1.55. The summed E-state index contributed by atoms with van der Waals surface area (Å²) in [5.41, 5.74) is 4.81. The van der Waals surface area contributed by atoms with Crippen molar-refractivity contribution in [1.29, 1.82) is 0 Å². The lowest BCUT2D eigenvalue weighted by Gasteiger charge is -2.50. The summed E-state index contributed by atoms with van der Waals surface area (Å²) >= 11 is 0. The number of ether oxygens (including phenoxy) is 1. The van der Waals surface area contributed by atoms with Gasteiger partial charge in [0.05, 0.1) is 24.9 Å². The molecule has 0 unspecified atom stereocenters. The Bertz CT molecular complexity index is 262. The van der Waals surface area contributed by atoms with Crippen LogP contribution in [0.25, 0.3) is 0 Å². The van der Waals surface area contributed by atoms with E-state index in [9.17, 15) is 0 Å². The second-order valence-corrected chi connectivity index (χ2v) is 4.47. The molecule has 3 aliphatic rings. The number of hydrogen-bond donors (Lipinski definition) is 1. The average molecular weight is 195 g/mol. The van der Waals surface area contributed by atoms with Crippen molar-refractivity contribution in [3.05, 3.63) is 11.6 Å². The molecule has 0 aromatic carbocycles. The zero-order chi connectivity index (χ0) is 9.43. The lowest BCUT2D eigenvalue weighted by molar-refractivity contribution is -0.121. The molecule has 2 heterocycles. The first-order valence-electron chi connectivity index (χ1n) is 5.62. The highest BCUT2D eigenvalue weighted by atomic mass is 16.7. The van der Waals surface area contributed by atoms with Crippen LogP contribution in [0.4, 0.5) is 0 Å². The lowest BCUT2D eigenvalue weighted by Crippen LogP contribution is -2.62. The minimum Gasteiger partial charge on any atom is -0.376 e. The summed E-state index contributed by atoms with van der Waals surface area (Å²) in [6, 6.07) is 0. The van der Waals surface area contributed by atoms with Gasteiger partial charge in [-0.1, -0.05) is 18.9 Å². The maximum absolute atomic E-state index is 5.86. The molecule has 0 bridgehead atoms. The smallest absolute Gasteiger partial charge is 0.0903 e. The average Bonchev–Trinajstić information content (AvgIpc) is 2.26. The summed E-state index contributed by atoms with van der Waals surface area (Å²) < 4.78 is 5.86. The first kappa shape index (κ1) is 8.89. The van der Waals surface area contributed by atoms with Crippen molar-refractivity contribution in [1.82, 2.24) is 5.48 Å². The third kappa shape index (κ3) is 1.16. The quantitative estimate of drug-likeness (QED) is 0.595. The molecule has 3 heteroatoms. The Morgan fingerprint density at radius 1 is 1.43 bits per heavy atom. The summed E-state index contributed by atoms with van der Waals surface area (Å²) in [5.74, 6) is 0. The van der Waals surface area contributed by atoms with E-state index in [1.165, 1.54) is 31.3 Å². The molecular weight excluding hydrogens is 178 g/mol. The van der Waals surface area contributed by atoms with Crippen molar-refractivity contribution in [3.63, 3.8) is 0 Å². The normalized spacial score (nSPS) is 42.3. The molecule has 0 aromatic rings. The zero-order valence-corrected chi connectivity index (χ0v) is 8.42. The molecule has 3 rings (SSSR count). The van der Waals surface area contributed by atoms with Crippen LogP contribution in [0, 0.1) is 0 Å². The molecule has 1 aliphatic carbocycles. The van der Waals surface area contributed by atoms with Gasteiger partial charge in [0.15, 0.2) is 0 Å². The molecule has 0 aromatic heterocycles. The molecule has 2 aliphatic heterocycles. The van der Waals surface area contributed by atoms with E-state index >= 15 is 0 Å². The van der Waals surface area contributed by atoms with E-state index in [2.05, 4.69) is 11.6 Å². The topological polar surface area (TPSA) is 30.5 Å². The molecule has 2 atom stereocenters. The molecule has 1 saturated carbocycles. The van der Waals surface area contributed by atoms with Gasteiger partial charge >= 0.3 is 0 Å². The maximum Gasteiger partial charge on any atom is 0.0903 e. The minimum atomic E-state index is 0.0365. The van der Waals surface area contributed by atoms with Crippen LogP contribution in [0.1, 0.15) is 32.1 Å². The van der Waals surface area contributed by atoms with Crippen molar-refractivity contribution < 1.29 is 9.57 Å². The van der Waals surface area contributed by atoms with E-state index in [0.717, 1.165) is 13.0 Å². The molecule has 1 N–H and O–H groups in total. The first-order valence-corrected chi connectivity index (χ1v) is 5.62. The van der Waals surface area contributed by atoms with Crippen molar-refractivity contribution >= 4 is 0 Å². The predicted molar refractivity (Wildman–Crippen MR) is 52.7 cm³/mol. The van der Waals surface area contributed by atoms with Gasteiger partial charge in [0, 0.05) is 0 Å². The van der Waals surface area contributed by atoms with Crippen LogP contribution in [0.15, 0.2) is 11.6 Å². The Balaban J connectivity index is 1.96. The maximum atomic E-state index is 5.86. The molecule has 0 amide bonds. The summed E-state index contributed by atoms with van der Waals surface area (Å²) in [4.78, 5) is 5.39. The van der Waals surface area contributed by atoms with E-state index in [4.69, 9.17) is 9.57 Å². The fraction of sp³-hybridized carbons (Fsp3) is 0.818. The monoisotopic (exact) mass is 195 g/mol. The van der Waals surface area contributed by atoms with Crippen molar-refractivity contribution in [2.45, 2.75) is 43.7 Å². The van der Waals surface area contributed by atoms with Gasteiger partial charge in [0.25, 0.3) is 0 Å². The highest BCUT2D eigenvalue weighted by molar-refractivity contribution is 5.27. The molecule has 0 radical (unpaired) electrons. The molecule has 1 spiro atoms. The van der Waals surface area contributed by atoms with Crippen molar-refractivity contribution in [2.75, 3.05) is 13.2 Å². The number of rotatable bonds is 0. The third-order valence-corrected chi connectivity index (χ3v) is 3.77. The van der Waals surface area contributed by atoms with Crippen LogP contribution in [-0.2, 0) is 9.57 Å². The van der Waals surface area contributed by atoms with Gasteiger partial charge in [0.2, 0.25) is 0 Å². The summed E-state index contributed by atoms with van der Waals surface area (Å²) in [5, 5.41) is 0. The largest absolute Gasteiger partial charge is 0.376 e. The fourth-order valence-electron chi connectivity index (χ4n) is 3.05. The van der Waals surface area contributed by atoms with E-state index in [-0.39, 0.29) is 5.54 Å². The Kier molecular flexibility index (Phi) is 2.11. The highest BCUT2D eigenvalue weighted by Crippen LogP contribution is 2.41. The van der Waals surface area contributed by atoms with Crippen LogP contribution in [0.2, 0.25) is 0 Å². The Labute approximate surface area is 84.4 Å². The van der Waals surface area contributed by atoms with E-state index in [1.807, 2.05) is 0 Å².